The lowest BCUT2D eigenvalue weighted by atomic mass is 10.1. The van der Waals surface area contributed by atoms with Gasteiger partial charge >= 0.3 is 0 Å². The normalized spacial score (nSPS) is 12.7. The zero-order valence-corrected chi connectivity index (χ0v) is 11.6. The first kappa shape index (κ1) is 13.1. The average Bonchev–Trinajstić information content (AvgIpc) is 2.74. The van der Waals surface area contributed by atoms with Crippen molar-refractivity contribution in [3.05, 3.63) is 46.5 Å². The van der Waals surface area contributed by atoms with Crippen LogP contribution in [0.1, 0.15) is 29.9 Å². The molecule has 5 heteroatoms. The van der Waals surface area contributed by atoms with Crippen LogP contribution in [0.2, 0.25) is 5.02 Å². The van der Waals surface area contributed by atoms with E-state index in [2.05, 4.69) is 28.5 Å². The van der Waals surface area contributed by atoms with Crippen LogP contribution in [0, 0.1) is 6.92 Å². The molecule has 0 aliphatic rings. The first-order valence-electron chi connectivity index (χ1n) is 5.90. The lowest BCUT2D eigenvalue weighted by Crippen LogP contribution is -2.21. The summed E-state index contributed by atoms with van der Waals surface area (Å²) < 4.78 is 1.91. The van der Waals surface area contributed by atoms with Crippen LogP contribution in [0.15, 0.2) is 24.5 Å². The van der Waals surface area contributed by atoms with Crippen molar-refractivity contribution in [3.63, 3.8) is 0 Å². The second kappa shape index (κ2) is 5.50. The molecule has 18 heavy (non-hydrogen) atoms. The summed E-state index contributed by atoms with van der Waals surface area (Å²) in [6.07, 6.45) is 1.70. The molecular weight excluding hydrogens is 248 g/mol. The second-order valence-corrected chi connectivity index (χ2v) is 4.90. The molecule has 1 unspecified atom stereocenters. The van der Waals surface area contributed by atoms with Crippen molar-refractivity contribution in [1.29, 1.82) is 0 Å². The van der Waals surface area contributed by atoms with Gasteiger partial charge in [0.15, 0.2) is 0 Å². The van der Waals surface area contributed by atoms with Crippen LogP contribution >= 0.6 is 11.6 Å². The molecule has 0 spiro atoms. The lowest BCUT2D eigenvalue weighted by molar-refractivity contribution is 0.528. The fraction of sp³-hybridized carbons (Fsp3) is 0.385. The Morgan fingerprint density at radius 1 is 1.44 bits per heavy atom. The smallest absolute Gasteiger partial charge is 0.149 e. The zero-order chi connectivity index (χ0) is 13.1. The molecule has 1 atom stereocenters. The molecule has 0 fully saturated rings. The molecule has 4 nitrogen and oxygen atoms in total. The molecule has 1 aromatic heterocycles. The van der Waals surface area contributed by atoms with E-state index in [-0.39, 0.29) is 6.04 Å². The van der Waals surface area contributed by atoms with Crippen LogP contribution in [0.5, 0.6) is 0 Å². The van der Waals surface area contributed by atoms with Crippen LogP contribution in [-0.2, 0) is 13.6 Å². The third kappa shape index (κ3) is 2.89. The van der Waals surface area contributed by atoms with Gasteiger partial charge in [0, 0.05) is 18.6 Å². The summed E-state index contributed by atoms with van der Waals surface area (Å²) in [5, 5.41) is 12.1. The van der Waals surface area contributed by atoms with Gasteiger partial charge in [0.05, 0.1) is 6.04 Å². The molecule has 0 radical (unpaired) electrons. The van der Waals surface area contributed by atoms with Crippen molar-refractivity contribution in [1.82, 2.24) is 20.1 Å². The van der Waals surface area contributed by atoms with Crippen LogP contribution in [0.25, 0.3) is 0 Å². The van der Waals surface area contributed by atoms with E-state index in [0.717, 1.165) is 16.4 Å². The van der Waals surface area contributed by atoms with Crippen molar-refractivity contribution >= 4 is 11.6 Å². The maximum absolute atomic E-state index is 6.20. The summed E-state index contributed by atoms with van der Waals surface area (Å²) in [4.78, 5) is 0. The van der Waals surface area contributed by atoms with Crippen molar-refractivity contribution < 1.29 is 0 Å². The first-order chi connectivity index (χ1) is 8.58. The van der Waals surface area contributed by atoms with Gasteiger partial charge in [-0.2, -0.15) is 0 Å². The standard InChI is InChI=1S/C13H17ClN4/c1-9-4-5-11(12(14)6-9)7-15-10(2)13-17-16-8-18(13)3/h4-6,8,10,15H,7H2,1-3H3. The Hall–Kier alpha value is -1.39. The highest BCUT2D eigenvalue weighted by molar-refractivity contribution is 6.31. The van der Waals surface area contributed by atoms with Gasteiger partial charge in [-0.15, -0.1) is 10.2 Å². The third-order valence-electron chi connectivity index (χ3n) is 2.94. The molecule has 0 aliphatic heterocycles. The lowest BCUT2D eigenvalue weighted by Gasteiger charge is -2.13. The van der Waals surface area contributed by atoms with E-state index in [4.69, 9.17) is 11.6 Å². The minimum atomic E-state index is 0.134. The molecule has 0 bridgehead atoms. The fourth-order valence-corrected chi connectivity index (χ4v) is 2.14. The number of halogens is 1. The molecule has 2 rings (SSSR count). The van der Waals surface area contributed by atoms with Gasteiger partial charge in [-0.25, -0.2) is 0 Å². The molecule has 2 aromatic rings. The van der Waals surface area contributed by atoms with E-state index in [1.807, 2.05) is 30.7 Å². The van der Waals surface area contributed by atoms with E-state index in [0.29, 0.717) is 6.54 Å². The van der Waals surface area contributed by atoms with Gasteiger partial charge in [-0.05, 0) is 31.0 Å². The van der Waals surface area contributed by atoms with Gasteiger partial charge in [0.1, 0.15) is 12.2 Å². The molecule has 1 aromatic carbocycles. The van der Waals surface area contributed by atoms with Gasteiger partial charge in [0.2, 0.25) is 0 Å². The minimum Gasteiger partial charge on any atom is -0.319 e. The summed E-state index contributed by atoms with van der Waals surface area (Å²) >= 11 is 6.20. The Kier molecular flexibility index (Phi) is 3.99. The summed E-state index contributed by atoms with van der Waals surface area (Å²) in [5.74, 6) is 0.915. The van der Waals surface area contributed by atoms with Crippen LogP contribution < -0.4 is 5.32 Å². The fourth-order valence-electron chi connectivity index (χ4n) is 1.83. The highest BCUT2D eigenvalue weighted by Crippen LogP contribution is 2.18. The number of hydrogen-bond acceptors (Lipinski definition) is 3. The van der Waals surface area contributed by atoms with E-state index >= 15 is 0 Å². The molecular formula is C13H17ClN4. The third-order valence-corrected chi connectivity index (χ3v) is 3.29. The second-order valence-electron chi connectivity index (χ2n) is 4.50. The van der Waals surface area contributed by atoms with Crippen LogP contribution in [0.4, 0.5) is 0 Å². The van der Waals surface area contributed by atoms with Crippen LogP contribution in [-0.4, -0.2) is 14.8 Å². The summed E-state index contributed by atoms with van der Waals surface area (Å²) in [6, 6.07) is 6.23. The summed E-state index contributed by atoms with van der Waals surface area (Å²) in [5.41, 5.74) is 2.27. The highest BCUT2D eigenvalue weighted by atomic mass is 35.5. The minimum absolute atomic E-state index is 0.134. The predicted molar refractivity (Wildman–Crippen MR) is 72.4 cm³/mol. The number of benzene rings is 1. The van der Waals surface area contributed by atoms with E-state index < -0.39 is 0 Å². The van der Waals surface area contributed by atoms with Crippen molar-refractivity contribution in [2.24, 2.45) is 7.05 Å². The Bertz CT molecular complexity index is 536. The summed E-state index contributed by atoms with van der Waals surface area (Å²) in [6.45, 7) is 4.81. The van der Waals surface area contributed by atoms with Gasteiger partial charge in [-0.3, -0.25) is 0 Å². The van der Waals surface area contributed by atoms with Crippen LogP contribution in [0.3, 0.4) is 0 Å². The van der Waals surface area contributed by atoms with E-state index in [1.54, 1.807) is 6.33 Å². The maximum Gasteiger partial charge on any atom is 0.149 e. The Morgan fingerprint density at radius 2 is 2.22 bits per heavy atom. The van der Waals surface area contributed by atoms with Crippen molar-refractivity contribution in [2.45, 2.75) is 26.4 Å². The topological polar surface area (TPSA) is 42.7 Å². The first-order valence-corrected chi connectivity index (χ1v) is 6.28. The number of hydrogen-bond donors (Lipinski definition) is 1. The Labute approximate surface area is 112 Å². The number of nitrogens with one attached hydrogen (secondary N) is 1. The zero-order valence-electron chi connectivity index (χ0n) is 10.8. The Balaban J connectivity index is 2.01. The largest absolute Gasteiger partial charge is 0.319 e. The molecule has 1 N–H and O–H groups in total. The molecule has 96 valence electrons. The predicted octanol–water partition coefficient (Wildman–Crippen LogP) is 2.63. The van der Waals surface area contributed by atoms with E-state index in [1.165, 1.54) is 5.56 Å². The van der Waals surface area contributed by atoms with Crippen molar-refractivity contribution in [2.75, 3.05) is 0 Å². The van der Waals surface area contributed by atoms with Gasteiger partial charge in [-0.1, -0.05) is 23.7 Å². The average molecular weight is 265 g/mol. The maximum atomic E-state index is 6.20. The van der Waals surface area contributed by atoms with Gasteiger partial charge in [0.25, 0.3) is 0 Å². The quantitative estimate of drug-likeness (QED) is 0.923. The van der Waals surface area contributed by atoms with Crippen molar-refractivity contribution in [3.8, 4) is 0 Å². The molecule has 1 heterocycles. The Morgan fingerprint density at radius 3 is 2.83 bits per heavy atom. The molecule has 0 saturated carbocycles. The number of aryl methyl sites for hydroxylation is 2. The van der Waals surface area contributed by atoms with Gasteiger partial charge < -0.3 is 9.88 Å². The highest BCUT2D eigenvalue weighted by Gasteiger charge is 2.11. The molecule has 0 amide bonds. The number of aromatic nitrogens is 3. The SMILES string of the molecule is Cc1ccc(CNC(C)c2nncn2C)c(Cl)c1. The number of nitrogens with zero attached hydrogens (tertiary/aromatic N) is 3. The van der Waals surface area contributed by atoms with E-state index in [9.17, 15) is 0 Å². The summed E-state index contributed by atoms with van der Waals surface area (Å²) in [7, 11) is 1.94. The number of rotatable bonds is 4. The molecule has 0 aliphatic carbocycles. The monoisotopic (exact) mass is 264 g/mol. The molecule has 0 saturated heterocycles.